The zero-order chi connectivity index (χ0) is 16.9. The van der Waals surface area contributed by atoms with E-state index in [1.807, 2.05) is 35.9 Å². The van der Waals surface area contributed by atoms with Crippen molar-refractivity contribution in [2.75, 3.05) is 11.6 Å². The average Bonchev–Trinajstić information content (AvgIpc) is 3.04. The molecule has 0 spiro atoms. The molecule has 3 rings (SSSR count). The van der Waals surface area contributed by atoms with Gasteiger partial charge in [-0.15, -0.1) is 23.1 Å². The van der Waals surface area contributed by atoms with E-state index in [1.54, 1.807) is 23.9 Å². The van der Waals surface area contributed by atoms with Crippen LogP contribution in [0.5, 0.6) is 0 Å². The highest BCUT2D eigenvalue weighted by molar-refractivity contribution is 7.98. The summed E-state index contributed by atoms with van der Waals surface area (Å²) in [5.41, 5.74) is 2.50. The Balaban J connectivity index is 1.63. The molecule has 24 heavy (non-hydrogen) atoms. The van der Waals surface area contributed by atoms with Crippen molar-refractivity contribution in [2.24, 2.45) is 0 Å². The van der Waals surface area contributed by atoms with Gasteiger partial charge < -0.3 is 5.32 Å². The summed E-state index contributed by atoms with van der Waals surface area (Å²) in [7, 11) is 0. The van der Waals surface area contributed by atoms with Gasteiger partial charge in [0.2, 0.25) is 5.91 Å². The van der Waals surface area contributed by atoms with Crippen LogP contribution in [0, 0.1) is 5.82 Å². The number of carbonyl (C=O) groups excluding carboxylic acids is 1. The normalized spacial score (nSPS) is 10.6. The summed E-state index contributed by atoms with van der Waals surface area (Å²) in [6, 6.07) is 14.0. The molecule has 1 amide bonds. The fraction of sp³-hybridized carbons (Fsp3) is 0.111. The van der Waals surface area contributed by atoms with E-state index in [4.69, 9.17) is 0 Å². The van der Waals surface area contributed by atoms with Crippen LogP contribution in [0.4, 0.5) is 9.52 Å². The molecule has 6 heteroatoms. The molecule has 0 bridgehead atoms. The van der Waals surface area contributed by atoms with Crippen LogP contribution in [0.1, 0.15) is 5.56 Å². The van der Waals surface area contributed by atoms with E-state index in [1.165, 1.54) is 28.4 Å². The maximum absolute atomic E-state index is 13.0. The van der Waals surface area contributed by atoms with Gasteiger partial charge in [-0.05, 0) is 48.2 Å². The van der Waals surface area contributed by atoms with Crippen LogP contribution in [0.25, 0.3) is 11.3 Å². The fourth-order valence-corrected chi connectivity index (χ4v) is 3.32. The van der Waals surface area contributed by atoms with Crippen molar-refractivity contribution in [3.63, 3.8) is 0 Å². The fourth-order valence-electron chi connectivity index (χ4n) is 2.18. The zero-order valence-electron chi connectivity index (χ0n) is 13.0. The highest BCUT2D eigenvalue weighted by atomic mass is 32.2. The van der Waals surface area contributed by atoms with Crippen LogP contribution in [0.15, 0.2) is 58.8 Å². The Morgan fingerprint density at radius 2 is 1.88 bits per heavy atom. The highest BCUT2D eigenvalue weighted by Crippen LogP contribution is 2.25. The number of benzene rings is 2. The third kappa shape index (κ3) is 4.21. The predicted octanol–water partition coefficient (Wildman–Crippen LogP) is 4.85. The van der Waals surface area contributed by atoms with Gasteiger partial charge in [0.05, 0.1) is 12.1 Å². The van der Waals surface area contributed by atoms with Crippen LogP contribution in [0.3, 0.4) is 0 Å². The molecule has 1 heterocycles. The predicted molar refractivity (Wildman–Crippen MR) is 98.1 cm³/mol. The number of aromatic nitrogens is 1. The first-order valence-corrected chi connectivity index (χ1v) is 9.39. The minimum absolute atomic E-state index is 0.105. The number of thiazole rings is 1. The Kier molecular flexibility index (Phi) is 5.27. The first kappa shape index (κ1) is 16.7. The van der Waals surface area contributed by atoms with Gasteiger partial charge in [-0.3, -0.25) is 4.79 Å². The van der Waals surface area contributed by atoms with Crippen molar-refractivity contribution in [3.05, 3.63) is 65.3 Å². The number of thioether (sulfide) groups is 1. The van der Waals surface area contributed by atoms with E-state index < -0.39 is 0 Å². The van der Waals surface area contributed by atoms with Gasteiger partial charge in [0.25, 0.3) is 0 Å². The van der Waals surface area contributed by atoms with E-state index in [9.17, 15) is 9.18 Å². The van der Waals surface area contributed by atoms with Gasteiger partial charge in [0.15, 0.2) is 5.13 Å². The number of nitrogens with one attached hydrogen (secondary N) is 1. The Morgan fingerprint density at radius 1 is 1.17 bits per heavy atom. The van der Waals surface area contributed by atoms with Gasteiger partial charge in [-0.1, -0.05) is 12.1 Å². The second-order valence-corrected chi connectivity index (χ2v) is 6.86. The van der Waals surface area contributed by atoms with Crippen molar-refractivity contribution in [3.8, 4) is 11.3 Å². The Morgan fingerprint density at radius 3 is 2.54 bits per heavy atom. The van der Waals surface area contributed by atoms with Crippen LogP contribution >= 0.6 is 23.1 Å². The summed E-state index contributed by atoms with van der Waals surface area (Å²) >= 11 is 3.02. The van der Waals surface area contributed by atoms with Crippen molar-refractivity contribution in [1.82, 2.24) is 4.98 Å². The first-order chi connectivity index (χ1) is 11.6. The maximum Gasteiger partial charge on any atom is 0.230 e. The van der Waals surface area contributed by atoms with E-state index >= 15 is 0 Å². The number of halogens is 1. The molecule has 122 valence electrons. The molecule has 0 radical (unpaired) electrons. The summed E-state index contributed by atoms with van der Waals surface area (Å²) in [6.45, 7) is 0. The lowest BCUT2D eigenvalue weighted by Gasteiger charge is -2.03. The molecule has 0 aliphatic carbocycles. The summed E-state index contributed by atoms with van der Waals surface area (Å²) in [5, 5.41) is 5.19. The van der Waals surface area contributed by atoms with Crippen molar-refractivity contribution >= 4 is 34.1 Å². The maximum atomic E-state index is 13.0. The molecule has 0 unspecified atom stereocenters. The van der Waals surface area contributed by atoms with Crippen LogP contribution < -0.4 is 5.32 Å². The molecule has 0 atom stereocenters. The van der Waals surface area contributed by atoms with Gasteiger partial charge in [-0.2, -0.15) is 0 Å². The number of hydrogen-bond donors (Lipinski definition) is 1. The average molecular weight is 358 g/mol. The molecule has 3 aromatic rings. The molecule has 0 aliphatic rings. The van der Waals surface area contributed by atoms with E-state index in [0.717, 1.165) is 16.8 Å². The van der Waals surface area contributed by atoms with Crippen LogP contribution in [-0.4, -0.2) is 17.1 Å². The molecular weight excluding hydrogens is 343 g/mol. The first-order valence-electron chi connectivity index (χ1n) is 7.28. The summed E-state index contributed by atoms with van der Waals surface area (Å²) in [6.07, 6.45) is 2.32. The third-order valence-electron chi connectivity index (χ3n) is 3.41. The smallest absolute Gasteiger partial charge is 0.230 e. The second-order valence-electron chi connectivity index (χ2n) is 5.12. The van der Waals surface area contributed by atoms with Crippen molar-refractivity contribution < 1.29 is 9.18 Å². The Hall–Kier alpha value is -2.18. The number of anilines is 1. The lowest BCUT2D eigenvalue weighted by Crippen LogP contribution is -2.14. The topological polar surface area (TPSA) is 42.0 Å². The quantitative estimate of drug-likeness (QED) is 0.663. The molecular formula is C18H15FN2OS2. The van der Waals surface area contributed by atoms with Crippen molar-refractivity contribution in [2.45, 2.75) is 11.3 Å². The Labute approximate surface area is 148 Å². The number of rotatable bonds is 5. The lowest BCUT2D eigenvalue weighted by atomic mass is 10.1. The number of nitrogens with zero attached hydrogens (tertiary/aromatic N) is 1. The van der Waals surface area contributed by atoms with Gasteiger partial charge in [0.1, 0.15) is 5.82 Å². The van der Waals surface area contributed by atoms with Gasteiger partial charge in [-0.25, -0.2) is 9.37 Å². The van der Waals surface area contributed by atoms with Crippen LogP contribution in [-0.2, 0) is 11.2 Å². The molecule has 0 aliphatic heterocycles. The monoisotopic (exact) mass is 358 g/mol. The summed E-state index contributed by atoms with van der Waals surface area (Å²) in [4.78, 5) is 17.7. The van der Waals surface area contributed by atoms with Crippen LogP contribution in [0.2, 0.25) is 0 Å². The third-order valence-corrected chi connectivity index (χ3v) is 4.92. The number of hydrogen-bond acceptors (Lipinski definition) is 4. The lowest BCUT2D eigenvalue weighted by molar-refractivity contribution is -0.115. The van der Waals surface area contributed by atoms with Gasteiger partial charge in [0, 0.05) is 15.8 Å². The minimum atomic E-state index is -0.282. The van der Waals surface area contributed by atoms with Crippen molar-refractivity contribution in [1.29, 1.82) is 0 Å². The largest absolute Gasteiger partial charge is 0.302 e. The van der Waals surface area contributed by atoms with E-state index in [2.05, 4.69) is 10.3 Å². The number of carbonyl (C=O) groups is 1. The Bertz CT molecular complexity index is 829. The van der Waals surface area contributed by atoms with Gasteiger partial charge >= 0.3 is 0 Å². The van der Waals surface area contributed by atoms with E-state index in [-0.39, 0.29) is 11.7 Å². The molecule has 0 fully saturated rings. The molecule has 0 saturated carbocycles. The zero-order valence-corrected chi connectivity index (χ0v) is 14.6. The highest BCUT2D eigenvalue weighted by Gasteiger charge is 2.09. The number of amides is 1. The summed E-state index contributed by atoms with van der Waals surface area (Å²) in [5.74, 6) is -0.387. The molecule has 0 saturated heterocycles. The molecule has 1 N–H and O–H groups in total. The SMILES string of the molecule is CSc1ccc(CC(=O)Nc2nc(-c3ccc(F)cc3)cs2)cc1. The second kappa shape index (κ2) is 7.59. The molecule has 1 aromatic heterocycles. The van der Waals surface area contributed by atoms with E-state index in [0.29, 0.717) is 11.6 Å². The standard InChI is InChI=1S/C18H15FN2OS2/c1-23-15-8-2-12(3-9-15)10-17(22)21-18-20-16(11-24-18)13-4-6-14(19)7-5-13/h2-9,11H,10H2,1H3,(H,20,21,22). The molecule has 2 aromatic carbocycles. The minimum Gasteiger partial charge on any atom is -0.302 e. The summed E-state index contributed by atoms with van der Waals surface area (Å²) < 4.78 is 13.0. The molecule has 3 nitrogen and oxygen atoms in total.